The molecule has 1 aromatic carbocycles. The normalized spacial score (nSPS) is 10.9. The van der Waals surface area contributed by atoms with Crippen LogP contribution >= 0.6 is 0 Å². The van der Waals surface area contributed by atoms with Crippen molar-refractivity contribution in [2.45, 2.75) is 13.8 Å². The number of aromatic nitrogens is 3. The minimum Gasteiger partial charge on any atom is -0.283 e. The third-order valence-corrected chi connectivity index (χ3v) is 4.07. The fourth-order valence-corrected chi connectivity index (χ4v) is 3.01. The van der Waals surface area contributed by atoms with E-state index in [2.05, 4.69) is 33.0 Å². The summed E-state index contributed by atoms with van der Waals surface area (Å²) in [6.07, 6.45) is 1.94. The molecule has 4 aromatic rings. The lowest BCUT2D eigenvalue weighted by atomic mass is 10.1. The molecule has 0 fully saturated rings. The lowest BCUT2D eigenvalue weighted by Gasteiger charge is -2.05. The molecular weight excluding hydrogens is 300 g/mol. The van der Waals surface area contributed by atoms with Crippen molar-refractivity contribution in [1.29, 1.82) is 0 Å². The van der Waals surface area contributed by atoms with Crippen LogP contribution in [0, 0.1) is 13.8 Å². The molecule has 6 heteroatoms. The highest BCUT2D eigenvalue weighted by molar-refractivity contribution is 5.84. The van der Waals surface area contributed by atoms with Crippen LogP contribution in [-0.4, -0.2) is 14.4 Å². The molecule has 6 nitrogen and oxygen atoms in total. The molecule has 0 saturated carbocycles. The summed E-state index contributed by atoms with van der Waals surface area (Å²) in [5.41, 5.74) is 14.7. The molecule has 0 atom stereocenters. The highest BCUT2D eigenvalue weighted by Gasteiger charge is 2.11. The molecule has 0 spiro atoms. The molecule has 0 N–H and O–H groups in total. The number of hydrogen-bond donors (Lipinski definition) is 0. The third kappa shape index (κ3) is 2.17. The number of pyridine rings is 2. The Balaban J connectivity index is 2.03. The maximum absolute atomic E-state index is 8.76. The van der Waals surface area contributed by atoms with E-state index < -0.39 is 0 Å². The van der Waals surface area contributed by atoms with Crippen LogP contribution in [0.15, 0.2) is 53.8 Å². The van der Waals surface area contributed by atoms with Crippen molar-refractivity contribution < 1.29 is 0 Å². The summed E-state index contributed by atoms with van der Waals surface area (Å²) in [5.74, 6) is 0. The smallest absolute Gasteiger partial charge is 0.146 e. The van der Waals surface area contributed by atoms with E-state index in [1.54, 1.807) is 6.07 Å². The van der Waals surface area contributed by atoms with Crippen LogP contribution < -0.4 is 0 Å². The first-order valence-corrected chi connectivity index (χ1v) is 7.58. The van der Waals surface area contributed by atoms with Crippen LogP contribution in [0.25, 0.3) is 38.4 Å². The predicted molar refractivity (Wildman–Crippen MR) is 94.2 cm³/mol. The fraction of sp³-hybridized carbons (Fsp3) is 0.111. The molecule has 0 amide bonds. The largest absolute Gasteiger partial charge is 0.283 e. The van der Waals surface area contributed by atoms with Gasteiger partial charge < -0.3 is 0 Å². The monoisotopic (exact) mass is 314 g/mol. The molecule has 0 aliphatic rings. The van der Waals surface area contributed by atoms with Crippen molar-refractivity contribution in [3.63, 3.8) is 0 Å². The van der Waals surface area contributed by atoms with E-state index in [0.29, 0.717) is 5.69 Å². The first-order valence-electron chi connectivity index (χ1n) is 7.58. The van der Waals surface area contributed by atoms with E-state index in [4.69, 9.17) is 5.53 Å². The van der Waals surface area contributed by atoms with Crippen LogP contribution in [0.1, 0.15) is 11.3 Å². The number of benzene rings is 1. The summed E-state index contributed by atoms with van der Waals surface area (Å²) in [6.45, 7) is 4.07. The minimum atomic E-state index is 0.563. The highest BCUT2D eigenvalue weighted by Crippen LogP contribution is 2.31. The van der Waals surface area contributed by atoms with Crippen LogP contribution in [0.3, 0.4) is 0 Å². The summed E-state index contributed by atoms with van der Waals surface area (Å²) < 4.78 is 1.98. The summed E-state index contributed by atoms with van der Waals surface area (Å²) in [5, 5.41) is 4.86. The van der Waals surface area contributed by atoms with Crippen molar-refractivity contribution in [3.8, 4) is 11.3 Å². The van der Waals surface area contributed by atoms with Crippen molar-refractivity contribution in [3.05, 3.63) is 70.4 Å². The molecular formula is C18H14N6. The van der Waals surface area contributed by atoms with E-state index in [1.165, 1.54) is 5.56 Å². The summed E-state index contributed by atoms with van der Waals surface area (Å²) in [7, 11) is 0. The Morgan fingerprint density at radius 2 is 1.92 bits per heavy atom. The molecule has 0 radical (unpaired) electrons. The molecule has 0 aliphatic heterocycles. The van der Waals surface area contributed by atoms with Gasteiger partial charge in [-0.2, -0.15) is 0 Å². The van der Waals surface area contributed by atoms with Gasteiger partial charge in [-0.1, -0.05) is 29.4 Å². The zero-order valence-electron chi connectivity index (χ0n) is 13.3. The van der Waals surface area contributed by atoms with Crippen LogP contribution in [0.5, 0.6) is 0 Å². The van der Waals surface area contributed by atoms with E-state index in [9.17, 15) is 0 Å². The number of imidazole rings is 1. The molecule has 116 valence electrons. The SMILES string of the molecule is Cc1cc(C)c2ccc3nc(-c4ccccc4N=[N+]=[N-])cn3c2n1. The molecule has 24 heavy (non-hydrogen) atoms. The van der Waals surface area contributed by atoms with Gasteiger partial charge in [0.25, 0.3) is 0 Å². The first-order chi connectivity index (χ1) is 11.7. The van der Waals surface area contributed by atoms with Gasteiger partial charge in [0.05, 0.1) is 5.69 Å². The van der Waals surface area contributed by atoms with Gasteiger partial charge in [0.2, 0.25) is 0 Å². The van der Waals surface area contributed by atoms with Gasteiger partial charge in [-0.05, 0) is 43.1 Å². The molecule has 0 unspecified atom stereocenters. The Labute approximate surface area is 138 Å². The van der Waals surface area contributed by atoms with Gasteiger partial charge in [0, 0.05) is 33.4 Å². The molecule has 0 saturated heterocycles. The number of fused-ring (bicyclic) bond motifs is 3. The second-order valence-corrected chi connectivity index (χ2v) is 5.71. The second-order valence-electron chi connectivity index (χ2n) is 5.71. The Morgan fingerprint density at radius 1 is 1.08 bits per heavy atom. The Hall–Kier alpha value is -3.37. The van der Waals surface area contributed by atoms with E-state index in [-0.39, 0.29) is 0 Å². The van der Waals surface area contributed by atoms with Crippen LogP contribution in [0.2, 0.25) is 0 Å². The van der Waals surface area contributed by atoms with Crippen LogP contribution in [-0.2, 0) is 0 Å². The van der Waals surface area contributed by atoms with Crippen molar-refractivity contribution in [2.75, 3.05) is 0 Å². The quantitative estimate of drug-likeness (QED) is 0.293. The maximum atomic E-state index is 8.76. The number of azide groups is 1. The molecule has 3 heterocycles. The Kier molecular flexibility index (Phi) is 3.18. The number of aryl methyl sites for hydroxylation is 2. The summed E-state index contributed by atoms with van der Waals surface area (Å²) in [4.78, 5) is 12.2. The van der Waals surface area contributed by atoms with Gasteiger partial charge in [-0.15, -0.1) is 0 Å². The third-order valence-electron chi connectivity index (χ3n) is 4.07. The molecule has 0 aliphatic carbocycles. The van der Waals surface area contributed by atoms with Crippen molar-refractivity contribution in [2.24, 2.45) is 5.11 Å². The van der Waals surface area contributed by atoms with Gasteiger partial charge in [0.15, 0.2) is 0 Å². The molecule has 0 bridgehead atoms. The van der Waals surface area contributed by atoms with Crippen molar-refractivity contribution in [1.82, 2.24) is 14.4 Å². The van der Waals surface area contributed by atoms with Gasteiger partial charge in [-0.25, -0.2) is 9.97 Å². The molecule has 3 aromatic heterocycles. The van der Waals surface area contributed by atoms with Gasteiger partial charge in [-0.3, -0.25) is 4.40 Å². The van der Waals surface area contributed by atoms with Crippen LogP contribution in [0.4, 0.5) is 5.69 Å². The number of nitrogens with zero attached hydrogens (tertiary/aromatic N) is 6. The lowest BCUT2D eigenvalue weighted by Crippen LogP contribution is -1.94. The lowest BCUT2D eigenvalue weighted by molar-refractivity contribution is 1.14. The topological polar surface area (TPSA) is 79.0 Å². The van der Waals surface area contributed by atoms with Crippen molar-refractivity contribution >= 4 is 22.4 Å². The fourth-order valence-electron chi connectivity index (χ4n) is 3.01. The minimum absolute atomic E-state index is 0.563. The predicted octanol–water partition coefficient (Wildman–Crippen LogP) is 5.11. The van der Waals surface area contributed by atoms with Gasteiger partial charge >= 0.3 is 0 Å². The number of hydrogen-bond acceptors (Lipinski definition) is 3. The van der Waals surface area contributed by atoms with E-state index in [0.717, 1.165) is 33.6 Å². The highest BCUT2D eigenvalue weighted by atomic mass is 15.1. The Bertz CT molecular complexity index is 1140. The molecule has 4 rings (SSSR count). The van der Waals surface area contributed by atoms with E-state index >= 15 is 0 Å². The zero-order chi connectivity index (χ0) is 16.7. The Morgan fingerprint density at radius 3 is 2.75 bits per heavy atom. The second kappa shape index (κ2) is 5.37. The first kappa shape index (κ1) is 14.2. The summed E-state index contributed by atoms with van der Waals surface area (Å²) in [6, 6.07) is 13.5. The summed E-state index contributed by atoms with van der Waals surface area (Å²) >= 11 is 0. The average Bonchev–Trinajstić information content (AvgIpc) is 3.00. The standard InChI is InChI=1S/C18H14N6/c1-11-9-12(2)20-18-13(11)7-8-17-21-16(10-24(17)18)14-5-3-4-6-15(14)22-23-19/h3-10H,1-2H3. The van der Waals surface area contributed by atoms with E-state index in [1.807, 2.05) is 47.9 Å². The average molecular weight is 314 g/mol. The zero-order valence-corrected chi connectivity index (χ0v) is 13.3. The number of rotatable bonds is 2. The maximum Gasteiger partial charge on any atom is 0.146 e. The van der Waals surface area contributed by atoms with Gasteiger partial charge in [0.1, 0.15) is 11.3 Å².